The molecule has 2 aliphatic rings. The Labute approximate surface area is 186 Å². The highest BCUT2D eigenvalue weighted by Gasteiger charge is 2.38. The summed E-state index contributed by atoms with van der Waals surface area (Å²) >= 11 is 0. The Bertz CT molecular complexity index is 1200. The molecule has 0 radical (unpaired) electrons. The van der Waals surface area contributed by atoms with Crippen molar-refractivity contribution < 1.29 is 14.6 Å². The molecule has 8 heteroatoms. The summed E-state index contributed by atoms with van der Waals surface area (Å²) in [6.07, 6.45) is 3.74. The van der Waals surface area contributed by atoms with Gasteiger partial charge >= 0.3 is 5.97 Å². The predicted octanol–water partition coefficient (Wildman–Crippen LogP) is 2.19. The SMILES string of the molecule is CCOc1ccc(-c2ncc3c(n2)-c2c(c(C(=O)O)c(CC4(N)CNC4)n2C)CC3)cc1. The van der Waals surface area contributed by atoms with Crippen molar-refractivity contribution in [3.63, 3.8) is 0 Å². The van der Waals surface area contributed by atoms with Gasteiger partial charge in [-0.2, -0.15) is 0 Å². The molecule has 0 amide bonds. The van der Waals surface area contributed by atoms with Crippen molar-refractivity contribution >= 4 is 5.97 Å². The Morgan fingerprint density at radius 3 is 2.66 bits per heavy atom. The van der Waals surface area contributed by atoms with E-state index in [1.54, 1.807) is 0 Å². The van der Waals surface area contributed by atoms with E-state index in [9.17, 15) is 9.90 Å². The van der Waals surface area contributed by atoms with Crippen molar-refractivity contribution in [3.8, 4) is 28.5 Å². The first-order valence-corrected chi connectivity index (χ1v) is 10.9. The third kappa shape index (κ3) is 3.36. The first kappa shape index (κ1) is 20.7. The summed E-state index contributed by atoms with van der Waals surface area (Å²) in [4.78, 5) is 21.7. The fourth-order valence-corrected chi connectivity index (χ4v) is 4.77. The molecule has 0 saturated carbocycles. The maximum absolute atomic E-state index is 12.3. The van der Waals surface area contributed by atoms with Crippen LogP contribution in [0.4, 0.5) is 0 Å². The van der Waals surface area contributed by atoms with Crippen LogP contribution in [-0.4, -0.2) is 50.8 Å². The number of fused-ring (bicyclic) bond motifs is 3. The molecular weight excluding hydrogens is 406 g/mol. The van der Waals surface area contributed by atoms with Gasteiger partial charge in [0.05, 0.1) is 23.6 Å². The Morgan fingerprint density at radius 1 is 1.28 bits per heavy atom. The van der Waals surface area contributed by atoms with E-state index in [1.165, 1.54) is 0 Å². The number of aromatic nitrogens is 3. The van der Waals surface area contributed by atoms with Crippen LogP contribution in [0.1, 0.15) is 34.1 Å². The number of nitrogens with two attached hydrogens (primary N) is 1. The Hall–Kier alpha value is -3.23. The molecule has 32 heavy (non-hydrogen) atoms. The van der Waals surface area contributed by atoms with Crippen molar-refractivity contribution in [2.75, 3.05) is 19.7 Å². The van der Waals surface area contributed by atoms with Crippen LogP contribution in [-0.2, 0) is 26.3 Å². The minimum absolute atomic E-state index is 0.381. The second-order valence-electron chi connectivity index (χ2n) is 8.68. The van der Waals surface area contributed by atoms with Gasteiger partial charge in [0.1, 0.15) is 5.75 Å². The number of carboxylic acid groups (broad SMARTS) is 1. The van der Waals surface area contributed by atoms with Crippen LogP contribution in [0.3, 0.4) is 0 Å². The van der Waals surface area contributed by atoms with Gasteiger partial charge in [0.25, 0.3) is 0 Å². The van der Waals surface area contributed by atoms with E-state index in [0.29, 0.717) is 50.3 Å². The second-order valence-corrected chi connectivity index (χ2v) is 8.68. The number of rotatable bonds is 6. The van der Waals surface area contributed by atoms with Gasteiger partial charge in [-0.1, -0.05) is 0 Å². The number of carbonyl (C=O) groups is 1. The van der Waals surface area contributed by atoms with Gasteiger partial charge in [-0.05, 0) is 55.2 Å². The lowest BCUT2D eigenvalue weighted by molar-refractivity contribution is 0.0693. The molecule has 1 aliphatic carbocycles. The fraction of sp³-hybridized carbons (Fsp3) is 0.375. The van der Waals surface area contributed by atoms with E-state index in [1.807, 2.05) is 49.0 Å². The Kier molecular flexibility index (Phi) is 4.98. The number of aromatic carboxylic acids is 1. The van der Waals surface area contributed by atoms with Crippen molar-refractivity contribution in [1.29, 1.82) is 0 Å². The smallest absolute Gasteiger partial charge is 0.337 e. The molecule has 0 unspecified atom stereocenters. The maximum Gasteiger partial charge on any atom is 0.337 e. The fourth-order valence-electron chi connectivity index (χ4n) is 4.77. The monoisotopic (exact) mass is 433 g/mol. The molecule has 1 aromatic carbocycles. The molecule has 0 spiro atoms. The van der Waals surface area contributed by atoms with Crippen LogP contribution >= 0.6 is 0 Å². The van der Waals surface area contributed by atoms with Crippen LogP contribution in [0.15, 0.2) is 30.5 Å². The molecule has 4 N–H and O–H groups in total. The standard InChI is InChI=1S/C24H27N5O3/c1-3-32-16-7-4-14(5-8-16)22-27-11-15-6-9-17-19(23(30)31)18(10-24(25)12-26-13-24)29(2)21(17)20(15)28-22/h4-5,7-8,11,26H,3,6,9-10,12-13,25H2,1-2H3,(H,30,31). The molecule has 0 atom stereocenters. The second kappa shape index (κ2) is 7.72. The van der Waals surface area contributed by atoms with Crippen LogP contribution < -0.4 is 15.8 Å². The molecule has 5 rings (SSSR count). The maximum atomic E-state index is 12.3. The molecule has 8 nitrogen and oxygen atoms in total. The predicted molar refractivity (Wildman–Crippen MR) is 121 cm³/mol. The van der Waals surface area contributed by atoms with Gasteiger partial charge in [0.2, 0.25) is 0 Å². The summed E-state index contributed by atoms with van der Waals surface area (Å²) in [5.41, 5.74) is 11.6. The van der Waals surface area contributed by atoms with Crippen LogP contribution in [0.25, 0.3) is 22.8 Å². The van der Waals surface area contributed by atoms with E-state index in [4.69, 9.17) is 15.5 Å². The quantitative estimate of drug-likeness (QED) is 0.546. The lowest BCUT2D eigenvalue weighted by atomic mass is 9.86. The highest BCUT2D eigenvalue weighted by atomic mass is 16.5. The van der Waals surface area contributed by atoms with Crippen molar-refractivity contribution in [2.45, 2.75) is 31.7 Å². The first-order valence-electron chi connectivity index (χ1n) is 10.9. The number of benzene rings is 1. The van der Waals surface area contributed by atoms with Crippen LogP contribution in [0.5, 0.6) is 5.75 Å². The lowest BCUT2D eigenvalue weighted by Crippen LogP contribution is -2.67. The molecule has 1 saturated heterocycles. The molecule has 2 aromatic heterocycles. The van der Waals surface area contributed by atoms with E-state index >= 15 is 0 Å². The number of carboxylic acids is 1. The number of aryl methyl sites for hydroxylation is 1. The topological polar surface area (TPSA) is 115 Å². The number of nitrogens with one attached hydrogen (secondary N) is 1. The highest BCUT2D eigenvalue weighted by Crippen LogP contribution is 2.39. The number of hydrogen-bond acceptors (Lipinski definition) is 6. The lowest BCUT2D eigenvalue weighted by Gasteiger charge is -2.39. The Balaban J connectivity index is 1.60. The summed E-state index contributed by atoms with van der Waals surface area (Å²) in [7, 11) is 1.92. The third-order valence-electron chi connectivity index (χ3n) is 6.46. The number of nitrogens with zero attached hydrogens (tertiary/aromatic N) is 3. The number of hydrogen-bond donors (Lipinski definition) is 3. The van der Waals surface area contributed by atoms with Crippen LogP contribution in [0, 0.1) is 0 Å². The van der Waals surface area contributed by atoms with E-state index in [2.05, 4.69) is 10.3 Å². The summed E-state index contributed by atoms with van der Waals surface area (Å²) in [5, 5.41) is 13.3. The molecule has 0 bridgehead atoms. The largest absolute Gasteiger partial charge is 0.494 e. The third-order valence-corrected chi connectivity index (χ3v) is 6.46. The summed E-state index contributed by atoms with van der Waals surface area (Å²) < 4.78 is 7.51. The van der Waals surface area contributed by atoms with Crippen molar-refractivity contribution in [3.05, 3.63) is 52.8 Å². The van der Waals surface area contributed by atoms with E-state index in [0.717, 1.165) is 39.5 Å². The highest BCUT2D eigenvalue weighted by molar-refractivity contribution is 5.94. The average Bonchev–Trinajstić information content (AvgIpc) is 3.05. The van der Waals surface area contributed by atoms with Crippen LogP contribution in [0.2, 0.25) is 0 Å². The minimum Gasteiger partial charge on any atom is -0.494 e. The molecule has 3 aromatic rings. The van der Waals surface area contributed by atoms with Gasteiger partial charge in [-0.3, -0.25) is 0 Å². The molecular formula is C24H27N5O3. The number of ether oxygens (including phenoxy) is 1. The first-order chi connectivity index (χ1) is 15.4. The normalized spacial score (nSPS) is 16.1. The van der Waals surface area contributed by atoms with Crippen molar-refractivity contribution in [2.24, 2.45) is 12.8 Å². The van der Waals surface area contributed by atoms with Gasteiger partial charge in [-0.25, -0.2) is 14.8 Å². The van der Waals surface area contributed by atoms with Crippen molar-refractivity contribution in [1.82, 2.24) is 19.9 Å². The molecule has 3 heterocycles. The van der Waals surface area contributed by atoms with Gasteiger partial charge < -0.3 is 25.5 Å². The Morgan fingerprint density at radius 2 is 2.03 bits per heavy atom. The molecule has 166 valence electrons. The average molecular weight is 434 g/mol. The van der Waals surface area contributed by atoms with Gasteiger partial charge in [-0.15, -0.1) is 0 Å². The molecule has 1 fully saturated rings. The zero-order valence-corrected chi connectivity index (χ0v) is 18.3. The summed E-state index contributed by atoms with van der Waals surface area (Å²) in [6, 6.07) is 7.70. The molecule has 1 aliphatic heterocycles. The van der Waals surface area contributed by atoms with E-state index < -0.39 is 11.5 Å². The summed E-state index contributed by atoms with van der Waals surface area (Å²) in [5.74, 6) is 0.505. The summed E-state index contributed by atoms with van der Waals surface area (Å²) in [6.45, 7) is 3.93. The minimum atomic E-state index is -0.906. The van der Waals surface area contributed by atoms with Gasteiger partial charge in [0, 0.05) is 49.6 Å². The van der Waals surface area contributed by atoms with E-state index in [-0.39, 0.29) is 0 Å². The zero-order chi connectivity index (χ0) is 22.5. The van der Waals surface area contributed by atoms with Gasteiger partial charge in [0.15, 0.2) is 5.82 Å². The zero-order valence-electron chi connectivity index (χ0n) is 18.3.